The molecule has 1 rings (SSSR count). The van der Waals surface area contributed by atoms with Crippen molar-refractivity contribution < 1.29 is 5.11 Å². The van der Waals surface area contributed by atoms with Crippen LogP contribution in [0, 0.1) is 0 Å². The lowest BCUT2D eigenvalue weighted by atomic mass is 10.1. The van der Waals surface area contributed by atoms with Gasteiger partial charge in [-0.25, -0.2) is 0 Å². The highest BCUT2D eigenvalue weighted by atomic mass is 35.5. The molecule has 4 nitrogen and oxygen atoms in total. The van der Waals surface area contributed by atoms with Crippen LogP contribution >= 0.6 is 23.2 Å². The van der Waals surface area contributed by atoms with E-state index in [4.69, 9.17) is 23.2 Å². The molecule has 0 bridgehead atoms. The lowest BCUT2D eigenvalue weighted by molar-refractivity contribution is 0.181. The number of hydrogen-bond acceptors (Lipinski definition) is 2. The van der Waals surface area contributed by atoms with Crippen LogP contribution in [-0.2, 0) is 0 Å². The number of nitrogens with one attached hydrogen (secondary N) is 2. The summed E-state index contributed by atoms with van der Waals surface area (Å²) in [7, 11) is 1.65. The van der Waals surface area contributed by atoms with Crippen molar-refractivity contribution in [2.45, 2.75) is 6.10 Å². The maximum absolute atomic E-state index is 10.1. The molecular weight excluding hydrogens is 285 g/mol. The van der Waals surface area contributed by atoms with Gasteiger partial charge in [0.1, 0.15) is 0 Å². The molecule has 0 saturated carbocycles. The van der Waals surface area contributed by atoms with Gasteiger partial charge in [0.25, 0.3) is 0 Å². The first-order chi connectivity index (χ1) is 9.06. The molecule has 0 aromatic heterocycles. The average molecular weight is 302 g/mol. The molecule has 0 amide bonds. The van der Waals surface area contributed by atoms with Crippen LogP contribution < -0.4 is 10.6 Å². The summed E-state index contributed by atoms with van der Waals surface area (Å²) in [5.74, 6) is 0.590. The third kappa shape index (κ3) is 5.51. The zero-order valence-corrected chi connectivity index (χ0v) is 12.2. The lowest BCUT2D eigenvalue weighted by Gasteiger charge is -2.15. The van der Waals surface area contributed by atoms with E-state index in [9.17, 15) is 5.11 Å². The highest BCUT2D eigenvalue weighted by molar-refractivity contribution is 6.34. The second-order valence-corrected chi connectivity index (χ2v) is 4.71. The van der Waals surface area contributed by atoms with Gasteiger partial charge >= 0.3 is 0 Å². The Morgan fingerprint density at radius 2 is 2.00 bits per heavy atom. The van der Waals surface area contributed by atoms with Crippen LogP contribution in [0.1, 0.15) is 11.7 Å². The van der Waals surface area contributed by atoms with E-state index in [1.807, 2.05) is 0 Å². The van der Waals surface area contributed by atoms with Gasteiger partial charge < -0.3 is 15.7 Å². The van der Waals surface area contributed by atoms with Gasteiger partial charge in [0.15, 0.2) is 5.96 Å². The minimum Gasteiger partial charge on any atom is -0.387 e. The van der Waals surface area contributed by atoms with Gasteiger partial charge in [-0.3, -0.25) is 4.99 Å². The predicted octanol–water partition coefficient (Wildman–Crippen LogP) is 2.38. The molecule has 1 aromatic carbocycles. The second-order valence-electron chi connectivity index (χ2n) is 3.84. The SMILES string of the molecule is C=CCNC(=NC)NCC(O)c1cc(Cl)cc(Cl)c1. The number of aliphatic imine (C=N–C) groups is 1. The summed E-state index contributed by atoms with van der Waals surface area (Å²) >= 11 is 11.8. The number of rotatable bonds is 5. The van der Waals surface area contributed by atoms with E-state index in [0.29, 0.717) is 34.7 Å². The Balaban J connectivity index is 2.59. The van der Waals surface area contributed by atoms with Gasteiger partial charge in [-0.05, 0) is 23.8 Å². The van der Waals surface area contributed by atoms with Gasteiger partial charge in [0, 0.05) is 30.2 Å². The monoisotopic (exact) mass is 301 g/mol. The highest BCUT2D eigenvalue weighted by Gasteiger charge is 2.10. The summed E-state index contributed by atoms with van der Waals surface area (Å²) in [4.78, 5) is 4.01. The van der Waals surface area contributed by atoms with Gasteiger partial charge in [0.2, 0.25) is 0 Å². The minimum absolute atomic E-state index is 0.299. The van der Waals surface area contributed by atoms with Crippen LogP contribution in [0.2, 0.25) is 10.0 Å². The fraction of sp³-hybridized carbons (Fsp3) is 0.308. The molecule has 1 atom stereocenters. The van der Waals surface area contributed by atoms with E-state index in [2.05, 4.69) is 22.2 Å². The Kier molecular flexibility index (Phi) is 6.70. The van der Waals surface area contributed by atoms with Crippen molar-refractivity contribution in [3.63, 3.8) is 0 Å². The molecule has 3 N–H and O–H groups in total. The summed E-state index contributed by atoms with van der Waals surface area (Å²) in [5.41, 5.74) is 0.657. The van der Waals surface area contributed by atoms with E-state index in [1.54, 1.807) is 31.3 Å². The zero-order valence-electron chi connectivity index (χ0n) is 10.7. The number of aliphatic hydroxyl groups is 1. The summed E-state index contributed by atoms with van der Waals surface area (Å²) in [6.07, 6.45) is 0.999. The van der Waals surface area contributed by atoms with Gasteiger partial charge in [0.05, 0.1) is 6.10 Å². The topological polar surface area (TPSA) is 56.7 Å². The Bertz CT molecular complexity index is 443. The van der Waals surface area contributed by atoms with Crippen molar-refractivity contribution >= 4 is 29.2 Å². The smallest absolute Gasteiger partial charge is 0.191 e. The molecule has 1 unspecified atom stereocenters. The Morgan fingerprint density at radius 1 is 1.37 bits per heavy atom. The Labute approximate surface area is 123 Å². The maximum atomic E-state index is 10.1. The molecule has 6 heteroatoms. The van der Waals surface area contributed by atoms with Gasteiger partial charge in [-0.2, -0.15) is 0 Å². The molecule has 0 radical (unpaired) electrons. The first-order valence-electron chi connectivity index (χ1n) is 5.76. The van der Waals surface area contributed by atoms with Crippen LogP contribution in [0.5, 0.6) is 0 Å². The van der Waals surface area contributed by atoms with E-state index in [-0.39, 0.29) is 0 Å². The quantitative estimate of drug-likeness (QED) is 0.445. The van der Waals surface area contributed by atoms with Crippen molar-refractivity contribution in [2.75, 3.05) is 20.1 Å². The molecule has 0 aliphatic carbocycles. The van der Waals surface area contributed by atoms with Crippen molar-refractivity contribution in [1.29, 1.82) is 0 Å². The van der Waals surface area contributed by atoms with Gasteiger partial charge in [-0.15, -0.1) is 6.58 Å². The molecule has 0 spiro atoms. The molecule has 104 valence electrons. The maximum Gasteiger partial charge on any atom is 0.191 e. The fourth-order valence-corrected chi connectivity index (χ4v) is 2.01. The number of guanidine groups is 1. The summed E-state index contributed by atoms with van der Waals surface area (Å²) in [5, 5.41) is 17.1. The standard InChI is InChI=1S/C13H17Cl2N3O/c1-3-4-17-13(16-2)18-8-12(19)9-5-10(14)7-11(15)6-9/h3,5-7,12,19H,1,4,8H2,2H3,(H2,16,17,18). The third-order valence-corrected chi connectivity index (χ3v) is 2.81. The summed E-state index contributed by atoms with van der Waals surface area (Å²) in [6, 6.07) is 4.98. The number of hydrogen-bond donors (Lipinski definition) is 3. The molecule has 0 saturated heterocycles. The van der Waals surface area contributed by atoms with E-state index in [1.165, 1.54) is 0 Å². The summed E-state index contributed by atoms with van der Waals surface area (Å²) in [6.45, 7) is 4.50. The van der Waals surface area contributed by atoms with E-state index < -0.39 is 6.10 Å². The van der Waals surface area contributed by atoms with Crippen molar-refractivity contribution in [2.24, 2.45) is 4.99 Å². The van der Waals surface area contributed by atoms with Crippen LogP contribution in [0.25, 0.3) is 0 Å². The Morgan fingerprint density at radius 3 is 2.53 bits per heavy atom. The predicted molar refractivity (Wildman–Crippen MR) is 81.0 cm³/mol. The number of benzene rings is 1. The first-order valence-corrected chi connectivity index (χ1v) is 6.52. The number of nitrogens with zero attached hydrogens (tertiary/aromatic N) is 1. The summed E-state index contributed by atoms with van der Waals surface area (Å²) < 4.78 is 0. The second kappa shape index (κ2) is 8.04. The Hall–Kier alpha value is -1.23. The molecule has 0 aliphatic rings. The van der Waals surface area contributed by atoms with E-state index in [0.717, 1.165) is 0 Å². The number of aliphatic hydroxyl groups excluding tert-OH is 1. The average Bonchev–Trinajstić information content (AvgIpc) is 2.37. The minimum atomic E-state index is -0.724. The lowest BCUT2D eigenvalue weighted by Crippen LogP contribution is -2.39. The molecular formula is C13H17Cl2N3O. The molecule has 0 heterocycles. The zero-order chi connectivity index (χ0) is 14.3. The van der Waals surface area contributed by atoms with Crippen LogP contribution in [0.3, 0.4) is 0 Å². The largest absolute Gasteiger partial charge is 0.387 e. The van der Waals surface area contributed by atoms with Crippen molar-refractivity contribution in [3.05, 3.63) is 46.5 Å². The van der Waals surface area contributed by atoms with Crippen LogP contribution in [-0.4, -0.2) is 31.2 Å². The fourth-order valence-electron chi connectivity index (χ4n) is 1.47. The highest BCUT2D eigenvalue weighted by Crippen LogP contribution is 2.23. The van der Waals surface area contributed by atoms with Gasteiger partial charge in [-0.1, -0.05) is 29.3 Å². The van der Waals surface area contributed by atoms with Crippen LogP contribution in [0.15, 0.2) is 35.8 Å². The molecule has 0 aliphatic heterocycles. The van der Waals surface area contributed by atoms with Crippen molar-refractivity contribution in [3.8, 4) is 0 Å². The normalized spacial score (nSPS) is 12.9. The van der Waals surface area contributed by atoms with Crippen LogP contribution in [0.4, 0.5) is 0 Å². The first kappa shape index (κ1) is 15.8. The third-order valence-electron chi connectivity index (χ3n) is 2.37. The van der Waals surface area contributed by atoms with Crippen molar-refractivity contribution in [1.82, 2.24) is 10.6 Å². The van der Waals surface area contributed by atoms with E-state index >= 15 is 0 Å². The molecule has 0 fully saturated rings. The molecule has 19 heavy (non-hydrogen) atoms. The number of halogens is 2. The molecule has 1 aromatic rings.